The summed E-state index contributed by atoms with van der Waals surface area (Å²) in [5, 5.41) is 0. The smallest absolute Gasteiger partial charge is 0.328 e. The molecule has 0 fully saturated rings. The number of hydrogen-bond acceptors (Lipinski definition) is 3. The van der Waals surface area contributed by atoms with Crippen molar-refractivity contribution in [2.75, 3.05) is 12.0 Å². The van der Waals surface area contributed by atoms with E-state index in [-0.39, 0.29) is 17.6 Å². The molecule has 0 N–H and O–H groups in total. The van der Waals surface area contributed by atoms with Crippen LogP contribution in [0.2, 0.25) is 0 Å². The quantitative estimate of drug-likeness (QED) is 0.772. The van der Waals surface area contributed by atoms with E-state index < -0.39 is 0 Å². The van der Waals surface area contributed by atoms with E-state index in [1.54, 1.807) is 0 Å². The Hall–Kier alpha value is -1.51. The lowest BCUT2D eigenvalue weighted by atomic mass is 9.78. The van der Waals surface area contributed by atoms with Crippen molar-refractivity contribution in [1.29, 1.82) is 0 Å². The lowest BCUT2D eigenvalue weighted by Gasteiger charge is -2.49. The minimum Gasteiger partial charge on any atom is -0.467 e. The second-order valence-corrected chi connectivity index (χ2v) is 6.98. The molecular formula is C18H27NO2. The Labute approximate surface area is 128 Å². The van der Waals surface area contributed by atoms with Crippen molar-refractivity contribution < 1.29 is 9.53 Å². The lowest BCUT2D eigenvalue weighted by molar-refractivity contribution is -0.142. The highest BCUT2D eigenvalue weighted by Gasteiger charge is 2.41. The van der Waals surface area contributed by atoms with Crippen molar-refractivity contribution in [3.05, 3.63) is 28.8 Å². The molecule has 2 rings (SSSR count). The minimum absolute atomic E-state index is 0.0677. The highest BCUT2D eigenvalue weighted by molar-refractivity contribution is 5.81. The van der Waals surface area contributed by atoms with Crippen molar-refractivity contribution in [3.8, 4) is 0 Å². The summed E-state index contributed by atoms with van der Waals surface area (Å²) in [6, 6.07) is 4.22. The Morgan fingerprint density at radius 3 is 2.48 bits per heavy atom. The molecular weight excluding hydrogens is 262 g/mol. The summed E-state index contributed by atoms with van der Waals surface area (Å²) in [5.74, 6) is 0.317. The van der Waals surface area contributed by atoms with E-state index in [9.17, 15) is 4.79 Å². The van der Waals surface area contributed by atoms with Crippen LogP contribution in [0, 0.1) is 13.8 Å². The number of fused-ring (bicyclic) bond motifs is 1. The summed E-state index contributed by atoms with van der Waals surface area (Å²) < 4.78 is 4.97. The third-order valence-electron chi connectivity index (χ3n) is 4.82. The summed E-state index contributed by atoms with van der Waals surface area (Å²) in [4.78, 5) is 14.3. The molecule has 1 aliphatic heterocycles. The van der Waals surface area contributed by atoms with Crippen LogP contribution in [-0.4, -0.2) is 24.7 Å². The fourth-order valence-electron chi connectivity index (χ4n) is 3.72. The molecule has 116 valence electrons. The molecule has 1 aromatic rings. The molecule has 1 aliphatic rings. The summed E-state index contributed by atoms with van der Waals surface area (Å²) in [6.07, 6.45) is 1.03. The van der Waals surface area contributed by atoms with Gasteiger partial charge in [-0.25, -0.2) is 4.79 Å². The van der Waals surface area contributed by atoms with E-state index in [4.69, 9.17) is 4.74 Å². The van der Waals surface area contributed by atoms with Crippen LogP contribution < -0.4 is 4.90 Å². The van der Waals surface area contributed by atoms with Gasteiger partial charge < -0.3 is 9.64 Å². The monoisotopic (exact) mass is 289 g/mol. The highest BCUT2D eigenvalue weighted by atomic mass is 16.5. The van der Waals surface area contributed by atoms with E-state index >= 15 is 0 Å². The maximum Gasteiger partial charge on any atom is 0.328 e. The Morgan fingerprint density at radius 1 is 1.33 bits per heavy atom. The molecule has 1 aromatic carbocycles. The lowest BCUT2D eigenvalue weighted by Crippen LogP contribution is -2.55. The fraction of sp³-hybridized carbons (Fsp3) is 0.611. The SMILES string of the molecule is COC(=O)C(C)N1c2cc(C)c(C)cc2C(C)CC1(C)C. The van der Waals surface area contributed by atoms with Crippen LogP contribution in [0.3, 0.4) is 0 Å². The number of esters is 1. The Morgan fingerprint density at radius 2 is 1.90 bits per heavy atom. The van der Waals surface area contributed by atoms with Gasteiger partial charge in [-0.05, 0) is 69.7 Å². The van der Waals surface area contributed by atoms with Gasteiger partial charge in [0.25, 0.3) is 0 Å². The molecule has 0 aromatic heterocycles. The third-order valence-corrected chi connectivity index (χ3v) is 4.82. The normalized spacial score (nSPS) is 21.7. The van der Waals surface area contributed by atoms with E-state index in [2.05, 4.69) is 51.7 Å². The maximum atomic E-state index is 12.1. The van der Waals surface area contributed by atoms with E-state index in [1.165, 1.54) is 29.5 Å². The predicted molar refractivity (Wildman–Crippen MR) is 87.0 cm³/mol. The first-order valence-corrected chi connectivity index (χ1v) is 7.67. The van der Waals surface area contributed by atoms with Crippen LogP contribution in [0.4, 0.5) is 5.69 Å². The number of nitrogens with zero attached hydrogens (tertiary/aromatic N) is 1. The van der Waals surface area contributed by atoms with Crippen molar-refractivity contribution in [3.63, 3.8) is 0 Å². The fourth-order valence-corrected chi connectivity index (χ4v) is 3.72. The van der Waals surface area contributed by atoms with Crippen molar-refractivity contribution >= 4 is 11.7 Å². The molecule has 0 amide bonds. The average molecular weight is 289 g/mol. The molecule has 0 aliphatic carbocycles. The second kappa shape index (κ2) is 5.36. The Kier molecular flexibility index (Phi) is 4.05. The summed E-state index contributed by atoms with van der Waals surface area (Å²) >= 11 is 0. The third kappa shape index (κ3) is 2.66. The molecule has 0 bridgehead atoms. The van der Waals surface area contributed by atoms with Crippen LogP contribution >= 0.6 is 0 Å². The molecule has 0 radical (unpaired) electrons. The van der Waals surface area contributed by atoms with E-state index in [0.717, 1.165) is 6.42 Å². The van der Waals surface area contributed by atoms with Gasteiger partial charge in [-0.2, -0.15) is 0 Å². The first kappa shape index (κ1) is 15.9. The van der Waals surface area contributed by atoms with Gasteiger partial charge >= 0.3 is 5.97 Å². The molecule has 3 heteroatoms. The van der Waals surface area contributed by atoms with Crippen LogP contribution in [0.15, 0.2) is 12.1 Å². The zero-order valence-electron chi connectivity index (χ0n) is 14.3. The molecule has 0 saturated heterocycles. The topological polar surface area (TPSA) is 29.5 Å². The maximum absolute atomic E-state index is 12.1. The number of carbonyl (C=O) groups excluding carboxylic acids is 1. The summed E-state index contributed by atoms with van der Waals surface area (Å²) in [6.45, 7) is 12.9. The first-order valence-electron chi connectivity index (χ1n) is 7.67. The van der Waals surface area contributed by atoms with Crippen molar-refractivity contribution in [2.45, 2.75) is 65.5 Å². The number of carbonyl (C=O) groups is 1. The average Bonchev–Trinajstić information content (AvgIpc) is 2.39. The van der Waals surface area contributed by atoms with Gasteiger partial charge in [0, 0.05) is 11.2 Å². The molecule has 1 heterocycles. The van der Waals surface area contributed by atoms with Gasteiger partial charge in [0.15, 0.2) is 0 Å². The van der Waals surface area contributed by atoms with Crippen LogP contribution in [0.5, 0.6) is 0 Å². The Balaban J connectivity index is 2.61. The standard InChI is InChI=1S/C18H27NO2/c1-11-8-15-13(3)10-18(5,6)19(14(4)17(20)21-7)16(15)9-12(11)2/h8-9,13-14H,10H2,1-7H3. The predicted octanol–water partition coefficient (Wildman–Crippen LogP) is 3.96. The van der Waals surface area contributed by atoms with Gasteiger partial charge in [-0.15, -0.1) is 0 Å². The second-order valence-electron chi connectivity index (χ2n) is 6.98. The van der Waals surface area contributed by atoms with Crippen LogP contribution in [0.1, 0.15) is 56.7 Å². The largest absolute Gasteiger partial charge is 0.467 e. The van der Waals surface area contributed by atoms with Gasteiger partial charge in [0.1, 0.15) is 6.04 Å². The van der Waals surface area contributed by atoms with Crippen LogP contribution in [-0.2, 0) is 9.53 Å². The van der Waals surface area contributed by atoms with Crippen molar-refractivity contribution in [1.82, 2.24) is 0 Å². The first-order chi connectivity index (χ1) is 9.69. The molecule has 3 nitrogen and oxygen atoms in total. The number of aryl methyl sites for hydroxylation is 2. The van der Waals surface area contributed by atoms with Gasteiger partial charge in [0.05, 0.1) is 7.11 Å². The number of rotatable bonds is 2. The van der Waals surface area contributed by atoms with Gasteiger partial charge in [-0.3, -0.25) is 0 Å². The zero-order chi connectivity index (χ0) is 15.9. The molecule has 2 atom stereocenters. The van der Waals surface area contributed by atoms with Gasteiger partial charge in [-0.1, -0.05) is 13.0 Å². The Bertz CT molecular complexity index is 563. The molecule has 2 unspecified atom stereocenters. The van der Waals surface area contributed by atoms with Crippen LogP contribution in [0.25, 0.3) is 0 Å². The number of anilines is 1. The molecule has 0 spiro atoms. The van der Waals surface area contributed by atoms with Gasteiger partial charge in [0.2, 0.25) is 0 Å². The van der Waals surface area contributed by atoms with E-state index in [0.29, 0.717) is 5.92 Å². The molecule has 0 saturated carbocycles. The molecule has 21 heavy (non-hydrogen) atoms. The highest BCUT2D eigenvalue weighted by Crippen LogP contribution is 2.45. The minimum atomic E-state index is -0.279. The number of benzene rings is 1. The number of methoxy groups -OCH3 is 1. The summed E-state index contributed by atoms with van der Waals surface area (Å²) in [7, 11) is 1.46. The number of hydrogen-bond donors (Lipinski definition) is 0. The zero-order valence-corrected chi connectivity index (χ0v) is 14.3. The van der Waals surface area contributed by atoms with Crippen molar-refractivity contribution in [2.24, 2.45) is 0 Å². The van der Waals surface area contributed by atoms with E-state index in [1.807, 2.05) is 6.92 Å². The summed E-state index contributed by atoms with van der Waals surface area (Å²) in [5.41, 5.74) is 5.03. The number of ether oxygens (including phenoxy) is 1.